The number of carbonyl (C=O) groups excluding carboxylic acids is 1. The maximum atomic E-state index is 13.3. The minimum absolute atomic E-state index is 0.296. The second-order valence-electron chi connectivity index (χ2n) is 9.53. The van der Waals surface area contributed by atoms with Gasteiger partial charge in [0.05, 0.1) is 22.3 Å². The molecule has 2 N–H and O–H groups in total. The third kappa shape index (κ3) is 4.03. The maximum absolute atomic E-state index is 13.3. The SMILES string of the molecule is O=C(C1CC(F)(F)C1)n1cc2ccc(-c3nc(Nc4ccc(-c5cn[nH]c5)cc4)c4sccc4n3)cc2c1. The quantitative estimate of drug-likeness (QED) is 0.249. The lowest BCUT2D eigenvalue weighted by Crippen LogP contribution is -2.41. The minimum Gasteiger partial charge on any atom is -0.339 e. The van der Waals surface area contributed by atoms with Gasteiger partial charge in [0.1, 0.15) is 0 Å². The number of aromatic nitrogens is 5. The number of benzene rings is 2. The van der Waals surface area contributed by atoms with Crippen LogP contribution < -0.4 is 5.32 Å². The molecule has 4 heterocycles. The summed E-state index contributed by atoms with van der Waals surface area (Å²) < 4.78 is 28.9. The Morgan fingerprint density at radius 2 is 1.79 bits per heavy atom. The molecule has 0 spiro atoms. The van der Waals surface area contributed by atoms with E-state index in [4.69, 9.17) is 9.97 Å². The molecule has 0 saturated heterocycles. The zero-order chi connectivity index (χ0) is 25.9. The summed E-state index contributed by atoms with van der Waals surface area (Å²) in [5, 5.41) is 13.9. The first-order chi connectivity index (χ1) is 18.4. The van der Waals surface area contributed by atoms with E-state index in [0.717, 1.165) is 43.4 Å². The monoisotopic (exact) mass is 526 g/mol. The van der Waals surface area contributed by atoms with E-state index in [-0.39, 0.29) is 18.7 Å². The third-order valence-corrected chi connectivity index (χ3v) is 7.79. The number of alkyl halides is 2. The lowest BCUT2D eigenvalue weighted by atomic mass is 9.81. The number of hydrogen-bond acceptors (Lipinski definition) is 6. The zero-order valence-electron chi connectivity index (χ0n) is 19.9. The second-order valence-corrected chi connectivity index (χ2v) is 10.4. The van der Waals surface area contributed by atoms with Gasteiger partial charge in [0, 0.05) is 53.6 Å². The van der Waals surface area contributed by atoms with Gasteiger partial charge in [0.2, 0.25) is 11.8 Å². The Kier molecular flexibility index (Phi) is 5.12. The minimum atomic E-state index is -2.73. The molecule has 1 aliphatic carbocycles. The molecule has 2 aromatic carbocycles. The normalized spacial score (nSPS) is 15.1. The van der Waals surface area contributed by atoms with E-state index >= 15 is 0 Å². The van der Waals surface area contributed by atoms with E-state index in [1.165, 1.54) is 4.57 Å². The average molecular weight is 527 g/mol. The van der Waals surface area contributed by atoms with E-state index in [1.54, 1.807) is 29.9 Å². The van der Waals surface area contributed by atoms with Crippen LogP contribution in [0.1, 0.15) is 17.6 Å². The van der Waals surface area contributed by atoms with Gasteiger partial charge in [-0.15, -0.1) is 11.3 Å². The van der Waals surface area contributed by atoms with Crippen LogP contribution in [0.3, 0.4) is 0 Å². The molecule has 0 unspecified atom stereocenters. The molecule has 0 radical (unpaired) electrons. The highest BCUT2D eigenvalue weighted by atomic mass is 32.1. The van der Waals surface area contributed by atoms with E-state index < -0.39 is 11.8 Å². The van der Waals surface area contributed by atoms with Crippen LogP contribution in [0.2, 0.25) is 0 Å². The largest absolute Gasteiger partial charge is 0.339 e. The van der Waals surface area contributed by atoms with Gasteiger partial charge < -0.3 is 5.32 Å². The van der Waals surface area contributed by atoms with E-state index in [0.29, 0.717) is 11.6 Å². The van der Waals surface area contributed by atoms with Crippen molar-refractivity contribution in [3.63, 3.8) is 0 Å². The van der Waals surface area contributed by atoms with Gasteiger partial charge >= 0.3 is 0 Å². The Bertz CT molecular complexity index is 1800. The number of rotatable bonds is 5. The molecule has 188 valence electrons. The maximum Gasteiger partial charge on any atom is 0.249 e. The van der Waals surface area contributed by atoms with Crippen LogP contribution in [0, 0.1) is 5.92 Å². The van der Waals surface area contributed by atoms with Crippen LogP contribution in [0.15, 0.2) is 78.7 Å². The number of carbonyl (C=O) groups is 1. The van der Waals surface area contributed by atoms with Crippen LogP contribution in [-0.2, 0) is 0 Å². The molecule has 1 saturated carbocycles. The first-order valence-electron chi connectivity index (χ1n) is 12.1. The second kappa shape index (κ2) is 8.56. The summed E-state index contributed by atoms with van der Waals surface area (Å²) in [6.07, 6.45) is 6.24. The molecule has 7 rings (SSSR count). The number of H-pyrrole nitrogens is 1. The summed E-state index contributed by atoms with van der Waals surface area (Å²) >= 11 is 1.56. The van der Waals surface area contributed by atoms with E-state index in [2.05, 4.69) is 15.5 Å². The Morgan fingerprint density at radius 3 is 2.55 bits per heavy atom. The molecular weight excluding hydrogens is 506 g/mol. The number of nitrogens with one attached hydrogen (secondary N) is 2. The molecule has 0 amide bonds. The molecule has 7 nitrogen and oxygen atoms in total. The van der Waals surface area contributed by atoms with Crippen molar-refractivity contribution in [3.8, 4) is 22.5 Å². The zero-order valence-corrected chi connectivity index (χ0v) is 20.7. The molecule has 1 fully saturated rings. The number of thiophene rings is 1. The Morgan fingerprint density at radius 1 is 1.00 bits per heavy atom. The number of halogens is 2. The van der Waals surface area contributed by atoms with Gasteiger partial charge in [0.25, 0.3) is 0 Å². The van der Waals surface area contributed by atoms with Gasteiger partial charge in [-0.3, -0.25) is 14.5 Å². The van der Waals surface area contributed by atoms with Crippen molar-refractivity contribution in [2.75, 3.05) is 5.32 Å². The van der Waals surface area contributed by atoms with Crippen LogP contribution in [-0.4, -0.2) is 36.6 Å². The molecule has 10 heteroatoms. The number of hydrogen-bond donors (Lipinski definition) is 2. The van der Waals surface area contributed by atoms with Crippen molar-refractivity contribution in [3.05, 3.63) is 78.7 Å². The molecule has 38 heavy (non-hydrogen) atoms. The highest BCUT2D eigenvalue weighted by Gasteiger charge is 2.49. The first-order valence-corrected chi connectivity index (χ1v) is 13.0. The van der Waals surface area contributed by atoms with Gasteiger partial charge in [-0.25, -0.2) is 18.7 Å². The van der Waals surface area contributed by atoms with Gasteiger partial charge in [-0.05, 0) is 40.6 Å². The Hall–Kier alpha value is -4.44. The fourth-order valence-corrected chi connectivity index (χ4v) is 5.60. The number of aromatic amines is 1. The highest BCUT2D eigenvalue weighted by molar-refractivity contribution is 7.17. The average Bonchev–Trinajstić information content (AvgIpc) is 3.67. The van der Waals surface area contributed by atoms with E-state index in [9.17, 15) is 13.6 Å². The van der Waals surface area contributed by atoms with Crippen molar-refractivity contribution in [2.24, 2.45) is 5.92 Å². The first kappa shape index (κ1) is 22.7. The van der Waals surface area contributed by atoms with Crippen molar-refractivity contribution in [1.82, 2.24) is 24.7 Å². The predicted molar refractivity (Wildman–Crippen MR) is 144 cm³/mol. The highest BCUT2D eigenvalue weighted by Crippen LogP contribution is 2.43. The topological polar surface area (TPSA) is 88.5 Å². The van der Waals surface area contributed by atoms with Gasteiger partial charge in [-0.2, -0.15) is 5.10 Å². The van der Waals surface area contributed by atoms with Crippen LogP contribution in [0.4, 0.5) is 20.3 Å². The number of nitrogens with zero attached hydrogens (tertiary/aromatic N) is 4. The van der Waals surface area contributed by atoms with Gasteiger partial charge in [0.15, 0.2) is 11.6 Å². The molecule has 4 aromatic heterocycles. The molecular formula is C28H20F2N6OS. The van der Waals surface area contributed by atoms with E-state index in [1.807, 2.05) is 60.1 Å². The number of fused-ring (bicyclic) bond motifs is 2. The van der Waals surface area contributed by atoms with Crippen molar-refractivity contribution < 1.29 is 13.6 Å². The fourth-order valence-electron chi connectivity index (χ4n) is 4.82. The molecule has 0 aliphatic heterocycles. The van der Waals surface area contributed by atoms with Crippen molar-refractivity contribution in [1.29, 1.82) is 0 Å². The fraction of sp³-hybridized carbons (Fsp3) is 0.143. The third-order valence-electron chi connectivity index (χ3n) is 6.88. The standard InChI is InChI=1S/C28H20F2N6OS/c29-28(30)10-20(11-28)27(37)36-14-18-2-1-17(9-19(18)15-36)25-34-23-7-8-38-24(23)26(35-25)33-22-5-3-16(4-6-22)21-12-31-32-13-21/h1-9,12-15,20H,10-11H2,(H,31,32)(H,33,34,35). The molecule has 1 aliphatic rings. The van der Waals surface area contributed by atoms with Crippen LogP contribution in [0.5, 0.6) is 0 Å². The van der Waals surface area contributed by atoms with Gasteiger partial charge in [-0.1, -0.05) is 24.3 Å². The lowest BCUT2D eigenvalue weighted by Gasteiger charge is -2.33. The summed E-state index contributed by atoms with van der Waals surface area (Å²) in [5.74, 6) is -2.42. The Labute approximate surface area is 219 Å². The lowest BCUT2D eigenvalue weighted by molar-refractivity contribution is -0.0999. The molecule has 0 atom stereocenters. The van der Waals surface area contributed by atoms with Crippen molar-refractivity contribution in [2.45, 2.75) is 18.8 Å². The molecule has 0 bridgehead atoms. The van der Waals surface area contributed by atoms with Crippen molar-refractivity contribution >= 4 is 49.7 Å². The summed E-state index contributed by atoms with van der Waals surface area (Å²) in [4.78, 5) is 22.3. The van der Waals surface area contributed by atoms with Crippen LogP contribution in [0.25, 0.3) is 43.5 Å². The summed E-state index contributed by atoms with van der Waals surface area (Å²) in [6, 6.07) is 15.7. The summed E-state index contributed by atoms with van der Waals surface area (Å²) in [7, 11) is 0. The van der Waals surface area contributed by atoms with Crippen LogP contribution >= 0.6 is 11.3 Å². The molecule has 6 aromatic rings. The summed E-state index contributed by atoms with van der Waals surface area (Å²) in [6.45, 7) is 0. The summed E-state index contributed by atoms with van der Waals surface area (Å²) in [5.41, 5.74) is 4.58. The predicted octanol–water partition coefficient (Wildman–Crippen LogP) is 7.13. The Balaban J connectivity index is 1.19. The smallest absolute Gasteiger partial charge is 0.249 e. The number of anilines is 2.